The summed E-state index contributed by atoms with van der Waals surface area (Å²) in [6, 6.07) is 6.66. The Morgan fingerprint density at radius 2 is 1.59 bits per heavy atom. The minimum absolute atomic E-state index is 0.274. The highest BCUT2D eigenvalue weighted by molar-refractivity contribution is 5.95. The summed E-state index contributed by atoms with van der Waals surface area (Å²) >= 11 is 0. The Kier molecular flexibility index (Phi) is 7.12. The predicted molar refractivity (Wildman–Crippen MR) is 106 cm³/mol. The zero-order valence-corrected chi connectivity index (χ0v) is 17.0. The minimum Gasteiger partial charge on any atom is -0.452 e. The van der Waals surface area contributed by atoms with Gasteiger partial charge in [0, 0.05) is 18.7 Å². The number of esters is 1. The highest BCUT2D eigenvalue weighted by Gasteiger charge is 2.31. The van der Waals surface area contributed by atoms with Crippen molar-refractivity contribution >= 4 is 23.5 Å². The van der Waals surface area contributed by atoms with Gasteiger partial charge in [0.1, 0.15) is 5.82 Å². The summed E-state index contributed by atoms with van der Waals surface area (Å²) in [5.74, 6) is -7.54. The van der Waals surface area contributed by atoms with Crippen LogP contribution < -0.4 is 5.32 Å². The monoisotopic (exact) mass is 452 g/mol. The normalized spacial score (nSPS) is 15.2. The van der Waals surface area contributed by atoms with E-state index in [1.807, 2.05) is 0 Å². The molecule has 1 aliphatic heterocycles. The van der Waals surface area contributed by atoms with Gasteiger partial charge in [-0.25, -0.2) is 17.6 Å². The molecule has 1 atom stereocenters. The summed E-state index contributed by atoms with van der Waals surface area (Å²) in [7, 11) is 0. The lowest BCUT2D eigenvalue weighted by molar-refractivity contribution is -0.158. The first-order valence-electron chi connectivity index (χ1n) is 9.87. The van der Waals surface area contributed by atoms with Crippen molar-refractivity contribution in [2.45, 2.75) is 25.9 Å². The maximum Gasteiger partial charge on any atom is 0.309 e. The summed E-state index contributed by atoms with van der Waals surface area (Å²) in [6.07, 6.45) is -0.704. The van der Waals surface area contributed by atoms with Crippen molar-refractivity contribution in [3.05, 3.63) is 65.2 Å². The van der Waals surface area contributed by atoms with Gasteiger partial charge in [0.05, 0.1) is 11.6 Å². The molecule has 2 aromatic rings. The molecule has 3 rings (SSSR count). The molecule has 0 bridgehead atoms. The molecule has 0 spiro atoms. The Morgan fingerprint density at radius 3 is 2.22 bits per heavy atom. The Morgan fingerprint density at radius 1 is 0.969 bits per heavy atom. The van der Waals surface area contributed by atoms with Crippen LogP contribution in [0.5, 0.6) is 0 Å². The Labute approximate surface area is 181 Å². The molecule has 1 fully saturated rings. The van der Waals surface area contributed by atoms with Crippen molar-refractivity contribution in [3.63, 3.8) is 0 Å². The molecule has 0 aliphatic carbocycles. The fourth-order valence-corrected chi connectivity index (χ4v) is 3.27. The van der Waals surface area contributed by atoms with Gasteiger partial charge in [-0.2, -0.15) is 0 Å². The van der Waals surface area contributed by atoms with Crippen LogP contribution in [0.4, 0.5) is 23.2 Å². The Balaban J connectivity index is 1.51. The number of piperidine rings is 1. The molecule has 2 amide bonds. The fourth-order valence-electron chi connectivity index (χ4n) is 3.27. The third-order valence-electron chi connectivity index (χ3n) is 5.16. The van der Waals surface area contributed by atoms with Gasteiger partial charge < -0.3 is 15.0 Å². The zero-order valence-electron chi connectivity index (χ0n) is 17.0. The lowest BCUT2D eigenvalue weighted by Crippen LogP contribution is -2.41. The molecule has 32 heavy (non-hydrogen) atoms. The second kappa shape index (κ2) is 9.80. The van der Waals surface area contributed by atoms with Crippen LogP contribution in [-0.4, -0.2) is 41.9 Å². The second-order valence-electron chi connectivity index (χ2n) is 7.36. The maximum atomic E-state index is 13.7. The Hall–Kier alpha value is -3.43. The van der Waals surface area contributed by atoms with E-state index in [4.69, 9.17) is 4.74 Å². The van der Waals surface area contributed by atoms with Gasteiger partial charge in [0.25, 0.3) is 11.8 Å². The smallest absolute Gasteiger partial charge is 0.309 e. The number of carbonyl (C=O) groups is 3. The molecular formula is C22H20F4N2O4. The number of hydrogen-bond donors (Lipinski definition) is 1. The summed E-state index contributed by atoms with van der Waals surface area (Å²) < 4.78 is 58.1. The standard InChI is InChI=1S/C22H20F4N2O4/c1-12(20(29)27-17-7-6-16(24)18(25)19(17)26)32-22(31)14-8-10-28(11-9-14)21(30)13-2-4-15(23)5-3-13/h2-7,12,14H,8-11H2,1H3,(H,27,29). The van der Waals surface area contributed by atoms with Crippen LogP contribution in [0.25, 0.3) is 0 Å². The predicted octanol–water partition coefficient (Wildman–Crippen LogP) is 3.67. The van der Waals surface area contributed by atoms with Gasteiger partial charge in [-0.15, -0.1) is 0 Å². The maximum absolute atomic E-state index is 13.7. The van der Waals surface area contributed by atoms with Gasteiger partial charge in [0.15, 0.2) is 23.6 Å². The highest BCUT2D eigenvalue weighted by Crippen LogP contribution is 2.22. The topological polar surface area (TPSA) is 75.7 Å². The average molecular weight is 452 g/mol. The first-order chi connectivity index (χ1) is 15.2. The first-order valence-corrected chi connectivity index (χ1v) is 9.87. The van der Waals surface area contributed by atoms with E-state index in [0.717, 1.165) is 6.07 Å². The molecule has 1 saturated heterocycles. The van der Waals surface area contributed by atoms with E-state index in [2.05, 4.69) is 5.32 Å². The molecular weight excluding hydrogens is 432 g/mol. The van der Waals surface area contributed by atoms with Crippen molar-refractivity contribution in [2.75, 3.05) is 18.4 Å². The molecule has 2 aromatic carbocycles. The quantitative estimate of drug-likeness (QED) is 0.427. The van der Waals surface area contributed by atoms with E-state index in [1.165, 1.54) is 31.2 Å². The van der Waals surface area contributed by atoms with Crippen molar-refractivity contribution in [1.82, 2.24) is 4.90 Å². The number of carbonyl (C=O) groups excluding carboxylic acids is 3. The largest absolute Gasteiger partial charge is 0.452 e. The van der Waals surface area contributed by atoms with E-state index in [1.54, 1.807) is 4.90 Å². The third-order valence-corrected chi connectivity index (χ3v) is 5.16. The van der Waals surface area contributed by atoms with Crippen molar-refractivity contribution in [1.29, 1.82) is 0 Å². The molecule has 0 radical (unpaired) electrons. The number of rotatable bonds is 5. The molecule has 1 unspecified atom stereocenters. The summed E-state index contributed by atoms with van der Waals surface area (Å²) in [6.45, 7) is 1.81. The number of nitrogens with one attached hydrogen (secondary N) is 1. The van der Waals surface area contributed by atoms with Crippen LogP contribution in [-0.2, 0) is 14.3 Å². The van der Waals surface area contributed by atoms with Crippen LogP contribution in [0.3, 0.4) is 0 Å². The van der Waals surface area contributed by atoms with Crippen LogP contribution in [0.1, 0.15) is 30.1 Å². The number of hydrogen-bond acceptors (Lipinski definition) is 4. The Bertz CT molecular complexity index is 1020. The highest BCUT2D eigenvalue weighted by atomic mass is 19.2. The minimum atomic E-state index is -1.73. The summed E-state index contributed by atoms with van der Waals surface area (Å²) in [4.78, 5) is 38.5. The van der Waals surface area contributed by atoms with Gasteiger partial charge in [-0.05, 0) is 56.2 Å². The first kappa shape index (κ1) is 23.2. The van der Waals surface area contributed by atoms with Crippen LogP contribution in [0.15, 0.2) is 36.4 Å². The van der Waals surface area contributed by atoms with Crippen molar-refractivity contribution in [3.8, 4) is 0 Å². The number of likely N-dealkylation sites (tertiary alicyclic amines) is 1. The molecule has 1 heterocycles. The summed E-state index contributed by atoms with van der Waals surface area (Å²) in [5, 5.41) is 2.05. The molecule has 1 aliphatic rings. The SMILES string of the molecule is CC(OC(=O)C1CCN(C(=O)c2ccc(F)cc2)CC1)C(=O)Nc1ccc(F)c(F)c1F. The molecule has 1 N–H and O–H groups in total. The molecule has 10 heteroatoms. The summed E-state index contributed by atoms with van der Waals surface area (Å²) in [5.41, 5.74) is -0.244. The van der Waals surface area contributed by atoms with Crippen molar-refractivity contribution < 1.29 is 36.7 Å². The third kappa shape index (κ3) is 5.24. The number of anilines is 1. The molecule has 0 saturated carbocycles. The second-order valence-corrected chi connectivity index (χ2v) is 7.36. The van der Waals surface area contributed by atoms with Crippen molar-refractivity contribution in [2.24, 2.45) is 5.92 Å². The number of halogens is 4. The van der Waals surface area contributed by atoms with E-state index >= 15 is 0 Å². The number of amides is 2. The lowest BCUT2D eigenvalue weighted by atomic mass is 9.96. The van der Waals surface area contributed by atoms with E-state index < -0.39 is 52.9 Å². The fraction of sp³-hybridized carbons (Fsp3) is 0.318. The molecule has 6 nitrogen and oxygen atoms in total. The number of ether oxygens (including phenoxy) is 1. The van der Waals surface area contributed by atoms with Gasteiger partial charge in [0.2, 0.25) is 0 Å². The average Bonchev–Trinajstić information content (AvgIpc) is 2.79. The van der Waals surface area contributed by atoms with Crippen LogP contribution in [0, 0.1) is 29.2 Å². The number of nitrogens with zero attached hydrogens (tertiary/aromatic N) is 1. The van der Waals surface area contributed by atoms with Crippen LogP contribution >= 0.6 is 0 Å². The van der Waals surface area contributed by atoms with Crippen LogP contribution in [0.2, 0.25) is 0 Å². The van der Waals surface area contributed by atoms with E-state index in [-0.39, 0.29) is 19.0 Å². The van der Waals surface area contributed by atoms with Gasteiger partial charge in [-0.1, -0.05) is 0 Å². The van der Waals surface area contributed by atoms with E-state index in [0.29, 0.717) is 24.5 Å². The molecule has 170 valence electrons. The van der Waals surface area contributed by atoms with Gasteiger partial charge in [-0.3, -0.25) is 14.4 Å². The molecule has 0 aromatic heterocycles. The van der Waals surface area contributed by atoms with E-state index in [9.17, 15) is 31.9 Å². The zero-order chi connectivity index (χ0) is 23.4. The van der Waals surface area contributed by atoms with Gasteiger partial charge >= 0.3 is 5.97 Å². The lowest BCUT2D eigenvalue weighted by Gasteiger charge is -2.31. The number of benzene rings is 2.